The van der Waals surface area contributed by atoms with Gasteiger partial charge in [0.15, 0.2) is 0 Å². The van der Waals surface area contributed by atoms with Crippen molar-refractivity contribution in [2.24, 2.45) is 0 Å². The van der Waals surface area contributed by atoms with E-state index in [1.165, 1.54) is 0 Å². The fourth-order valence-corrected chi connectivity index (χ4v) is 2.05. The van der Waals surface area contributed by atoms with Crippen molar-refractivity contribution in [1.82, 2.24) is 14.3 Å². The summed E-state index contributed by atoms with van der Waals surface area (Å²) in [5, 5.41) is 0. The first kappa shape index (κ1) is 14.1. The lowest BCUT2D eigenvalue weighted by atomic mass is 10.2. The lowest BCUT2D eigenvalue weighted by Gasteiger charge is -2.11. The second kappa shape index (κ2) is 6.70. The van der Waals surface area contributed by atoms with E-state index >= 15 is 0 Å². The Morgan fingerprint density at radius 1 is 1.12 bits per heavy atom. The Morgan fingerprint density at radius 2 is 1.76 bits per heavy atom. The largest absolute Gasteiger partial charge is 0.308 e. The quantitative estimate of drug-likeness (QED) is 0.732. The number of nitrogens with zero attached hydrogens (tertiary/aromatic N) is 1. The maximum Gasteiger partial charge on any atom is 0.277 e. The molecule has 0 bridgehead atoms. The molecule has 0 fully saturated rings. The van der Waals surface area contributed by atoms with Crippen molar-refractivity contribution < 1.29 is 8.42 Å². The molecular weight excluding hydrogens is 238 g/mol. The normalized spacial score (nSPS) is 11.9. The second-order valence-corrected chi connectivity index (χ2v) is 5.59. The Balaban J connectivity index is 2.35. The van der Waals surface area contributed by atoms with Gasteiger partial charge in [0.2, 0.25) is 0 Å². The molecule has 6 heteroatoms. The van der Waals surface area contributed by atoms with Crippen molar-refractivity contribution in [3.63, 3.8) is 0 Å². The van der Waals surface area contributed by atoms with Gasteiger partial charge in [-0.25, -0.2) is 4.72 Å². The van der Waals surface area contributed by atoms with E-state index in [9.17, 15) is 8.42 Å². The number of rotatable bonds is 7. The van der Waals surface area contributed by atoms with Crippen LogP contribution < -0.4 is 9.44 Å². The van der Waals surface area contributed by atoms with E-state index in [0.29, 0.717) is 19.6 Å². The molecule has 1 aromatic carbocycles. The predicted octanol–water partition coefficient (Wildman–Crippen LogP) is 0.172. The van der Waals surface area contributed by atoms with E-state index in [1.54, 1.807) is 0 Å². The zero-order valence-electron chi connectivity index (χ0n) is 10.2. The van der Waals surface area contributed by atoms with Crippen molar-refractivity contribution in [3.05, 3.63) is 35.9 Å². The smallest absolute Gasteiger partial charge is 0.277 e. The van der Waals surface area contributed by atoms with Crippen molar-refractivity contribution in [2.45, 2.75) is 6.54 Å². The Labute approximate surface area is 103 Å². The molecule has 0 aliphatic carbocycles. The summed E-state index contributed by atoms with van der Waals surface area (Å²) >= 11 is 0. The molecule has 1 rings (SSSR count). The lowest BCUT2D eigenvalue weighted by Crippen LogP contribution is -2.39. The van der Waals surface area contributed by atoms with E-state index in [-0.39, 0.29) is 0 Å². The van der Waals surface area contributed by atoms with Gasteiger partial charge in [0, 0.05) is 19.6 Å². The Kier molecular flexibility index (Phi) is 5.57. The van der Waals surface area contributed by atoms with E-state index in [0.717, 1.165) is 5.56 Å². The standard InChI is InChI=1S/C11H19N3O2S/c1-14(2)9-8-12-17(15,16)13-10-11-6-4-3-5-7-11/h3-7,12-13H,8-10H2,1-2H3. The Hall–Kier alpha value is -0.950. The van der Waals surface area contributed by atoms with E-state index in [1.807, 2.05) is 49.3 Å². The fourth-order valence-electron chi connectivity index (χ4n) is 1.23. The summed E-state index contributed by atoms with van der Waals surface area (Å²) < 4.78 is 28.1. The topological polar surface area (TPSA) is 61.4 Å². The number of hydrogen-bond donors (Lipinski definition) is 2. The van der Waals surface area contributed by atoms with Crippen LogP contribution in [0.4, 0.5) is 0 Å². The van der Waals surface area contributed by atoms with E-state index in [2.05, 4.69) is 9.44 Å². The number of nitrogens with one attached hydrogen (secondary N) is 2. The summed E-state index contributed by atoms with van der Waals surface area (Å²) in [5.74, 6) is 0. The van der Waals surface area contributed by atoms with Gasteiger partial charge in [0.1, 0.15) is 0 Å². The molecule has 5 nitrogen and oxygen atoms in total. The highest BCUT2D eigenvalue weighted by atomic mass is 32.2. The summed E-state index contributed by atoms with van der Waals surface area (Å²) in [6.07, 6.45) is 0. The molecular formula is C11H19N3O2S. The van der Waals surface area contributed by atoms with E-state index in [4.69, 9.17) is 0 Å². The number of likely N-dealkylation sites (N-methyl/N-ethyl adjacent to an activating group) is 1. The molecule has 1 aromatic rings. The van der Waals surface area contributed by atoms with Gasteiger partial charge in [-0.2, -0.15) is 13.1 Å². The molecule has 0 aromatic heterocycles. The summed E-state index contributed by atoms with van der Waals surface area (Å²) in [7, 11) is 0.387. The van der Waals surface area contributed by atoms with Crippen molar-refractivity contribution in [3.8, 4) is 0 Å². The van der Waals surface area contributed by atoms with Gasteiger partial charge in [0.25, 0.3) is 10.2 Å². The molecule has 0 spiro atoms. The van der Waals surface area contributed by atoms with Crippen LogP contribution in [0.25, 0.3) is 0 Å². The number of hydrogen-bond acceptors (Lipinski definition) is 3. The van der Waals surface area contributed by atoms with Crippen LogP contribution in [0.1, 0.15) is 5.56 Å². The summed E-state index contributed by atoms with van der Waals surface area (Å²) in [5.41, 5.74) is 0.936. The first-order valence-corrected chi connectivity index (χ1v) is 6.91. The van der Waals surface area contributed by atoms with E-state index < -0.39 is 10.2 Å². The van der Waals surface area contributed by atoms with Crippen LogP contribution in [0.2, 0.25) is 0 Å². The van der Waals surface area contributed by atoms with Crippen LogP contribution in [0, 0.1) is 0 Å². The third-order valence-electron chi connectivity index (χ3n) is 2.16. The van der Waals surface area contributed by atoms with Crippen LogP contribution in [-0.2, 0) is 16.8 Å². The molecule has 0 saturated carbocycles. The van der Waals surface area contributed by atoms with Gasteiger partial charge < -0.3 is 4.90 Å². The monoisotopic (exact) mass is 257 g/mol. The molecule has 2 N–H and O–H groups in total. The fraction of sp³-hybridized carbons (Fsp3) is 0.455. The average Bonchev–Trinajstić information content (AvgIpc) is 2.27. The lowest BCUT2D eigenvalue weighted by molar-refractivity contribution is 0.412. The van der Waals surface area contributed by atoms with Crippen molar-refractivity contribution in [2.75, 3.05) is 27.2 Å². The molecule has 0 heterocycles. The SMILES string of the molecule is CN(C)CCNS(=O)(=O)NCc1ccccc1. The molecule has 0 unspecified atom stereocenters. The third-order valence-corrected chi connectivity index (χ3v) is 3.27. The minimum absolute atomic E-state index is 0.304. The van der Waals surface area contributed by atoms with Gasteiger partial charge in [0.05, 0.1) is 0 Å². The minimum Gasteiger partial charge on any atom is -0.308 e. The zero-order valence-corrected chi connectivity index (χ0v) is 11.0. The van der Waals surface area contributed by atoms with Gasteiger partial charge in [-0.3, -0.25) is 0 Å². The summed E-state index contributed by atoms with van der Waals surface area (Å²) in [4.78, 5) is 1.92. The molecule has 0 radical (unpaired) electrons. The third kappa shape index (κ3) is 6.38. The summed E-state index contributed by atoms with van der Waals surface area (Å²) in [6.45, 7) is 1.38. The molecule has 0 atom stereocenters. The second-order valence-electron chi connectivity index (χ2n) is 4.01. The first-order valence-electron chi connectivity index (χ1n) is 5.42. The highest BCUT2D eigenvalue weighted by Crippen LogP contribution is 1.97. The van der Waals surface area contributed by atoms with Crippen LogP contribution in [0.15, 0.2) is 30.3 Å². The Bertz CT molecular complexity index is 418. The Morgan fingerprint density at radius 3 is 2.35 bits per heavy atom. The molecule has 0 saturated heterocycles. The minimum atomic E-state index is -3.40. The van der Waals surface area contributed by atoms with Crippen molar-refractivity contribution >= 4 is 10.2 Å². The highest BCUT2D eigenvalue weighted by Gasteiger charge is 2.07. The molecule has 0 aliphatic heterocycles. The van der Waals surface area contributed by atoms with Gasteiger partial charge in [-0.05, 0) is 19.7 Å². The van der Waals surface area contributed by atoms with Crippen LogP contribution in [-0.4, -0.2) is 40.5 Å². The van der Waals surface area contributed by atoms with Crippen LogP contribution >= 0.6 is 0 Å². The van der Waals surface area contributed by atoms with Crippen LogP contribution in [0.5, 0.6) is 0 Å². The maximum atomic E-state index is 11.5. The molecule has 17 heavy (non-hydrogen) atoms. The molecule has 0 aliphatic rings. The van der Waals surface area contributed by atoms with Crippen molar-refractivity contribution in [1.29, 1.82) is 0 Å². The predicted molar refractivity (Wildman–Crippen MR) is 68.8 cm³/mol. The van der Waals surface area contributed by atoms with Crippen LogP contribution in [0.3, 0.4) is 0 Å². The zero-order chi connectivity index (χ0) is 12.7. The van der Waals surface area contributed by atoms with Gasteiger partial charge >= 0.3 is 0 Å². The average molecular weight is 257 g/mol. The maximum absolute atomic E-state index is 11.5. The highest BCUT2D eigenvalue weighted by molar-refractivity contribution is 7.87. The van der Waals surface area contributed by atoms with Gasteiger partial charge in [-0.1, -0.05) is 30.3 Å². The number of benzene rings is 1. The summed E-state index contributed by atoms with van der Waals surface area (Å²) in [6, 6.07) is 9.41. The first-order chi connectivity index (χ1) is 7.99. The van der Waals surface area contributed by atoms with Gasteiger partial charge in [-0.15, -0.1) is 0 Å². The molecule has 0 amide bonds. The molecule has 96 valence electrons.